The summed E-state index contributed by atoms with van der Waals surface area (Å²) in [6.07, 6.45) is 6.15. The fourth-order valence-corrected chi connectivity index (χ4v) is 4.68. The average Bonchev–Trinajstić information content (AvgIpc) is 2.90. The monoisotopic (exact) mass is 524 g/mol. The Morgan fingerprint density at radius 3 is 2.16 bits per heavy atom. The second-order valence-electron chi connectivity index (χ2n) is 8.82. The van der Waals surface area contributed by atoms with Gasteiger partial charge in [0.25, 0.3) is 0 Å². The Bertz CT molecular complexity index is 1130. The highest BCUT2D eigenvalue weighted by molar-refractivity contribution is 8.00. The zero-order valence-corrected chi connectivity index (χ0v) is 21.8. The van der Waals surface area contributed by atoms with Gasteiger partial charge in [0, 0.05) is 16.3 Å². The number of carbonyl (C=O) groups is 4. The summed E-state index contributed by atoms with van der Waals surface area (Å²) in [6.45, 7) is 4.20. The molecule has 8 nitrogen and oxygen atoms in total. The first kappa shape index (κ1) is 28.0. The van der Waals surface area contributed by atoms with Gasteiger partial charge in [-0.3, -0.25) is 14.4 Å². The van der Waals surface area contributed by atoms with Gasteiger partial charge in [-0.25, -0.2) is 4.79 Å². The van der Waals surface area contributed by atoms with Crippen molar-refractivity contribution in [3.05, 3.63) is 66.2 Å². The molecule has 0 radical (unpaired) electrons. The van der Waals surface area contributed by atoms with Gasteiger partial charge < -0.3 is 20.5 Å². The predicted octanol–water partition coefficient (Wildman–Crippen LogP) is 5.37. The van der Waals surface area contributed by atoms with Gasteiger partial charge >= 0.3 is 11.9 Å². The third-order valence-electron chi connectivity index (χ3n) is 6.01. The fraction of sp³-hybridized carbons (Fsp3) is 0.357. The van der Waals surface area contributed by atoms with Crippen molar-refractivity contribution in [1.82, 2.24) is 0 Å². The Kier molecular flexibility index (Phi) is 10.3. The summed E-state index contributed by atoms with van der Waals surface area (Å²) in [5, 5.41) is 14.6. The van der Waals surface area contributed by atoms with Crippen molar-refractivity contribution in [1.29, 1.82) is 0 Å². The number of carboxylic acids is 1. The van der Waals surface area contributed by atoms with Crippen LogP contribution in [-0.2, 0) is 19.1 Å². The number of allylic oxidation sites excluding steroid dienone is 2. The number of nitrogens with one attached hydrogen (secondary N) is 2. The van der Waals surface area contributed by atoms with Crippen molar-refractivity contribution in [2.75, 3.05) is 17.2 Å². The summed E-state index contributed by atoms with van der Waals surface area (Å²) in [4.78, 5) is 49.6. The number of hydrogen-bond donors (Lipinski definition) is 3. The van der Waals surface area contributed by atoms with Crippen LogP contribution in [0.15, 0.2) is 65.6 Å². The van der Waals surface area contributed by atoms with E-state index in [2.05, 4.69) is 10.6 Å². The second kappa shape index (κ2) is 13.6. The molecule has 0 saturated heterocycles. The van der Waals surface area contributed by atoms with Crippen LogP contribution in [0.5, 0.6) is 0 Å². The number of amides is 2. The molecule has 0 bridgehead atoms. The third kappa shape index (κ3) is 8.21. The van der Waals surface area contributed by atoms with E-state index in [1.54, 1.807) is 61.5 Å². The molecular formula is C28H32N2O6S. The standard InChI is InChI=1S/C28H32N2O6S/c1-3-4-17-36-28(35)19-9-11-20(12-10-19)29-25(31)18(2)37-22-15-13-21(14-16-22)30-26(32)23-7-5-6-8-24(23)27(33)34/h5-6,9-16,18,23-24H,3-4,7-8,17H2,1-2H3,(H,29,31)(H,30,32)(H,33,34). The SMILES string of the molecule is CCCCOC(=O)c1ccc(NC(=O)C(C)Sc2ccc(NC(=O)C3CC=CCC3C(=O)O)cc2)cc1. The number of carbonyl (C=O) groups excluding carboxylic acids is 3. The molecule has 2 aromatic rings. The first-order valence-electron chi connectivity index (χ1n) is 12.3. The van der Waals surface area contributed by atoms with E-state index in [0.29, 0.717) is 36.4 Å². The van der Waals surface area contributed by atoms with Crippen molar-refractivity contribution >= 4 is 46.9 Å². The minimum absolute atomic E-state index is 0.189. The van der Waals surface area contributed by atoms with Gasteiger partial charge in [0.2, 0.25) is 11.8 Å². The van der Waals surface area contributed by atoms with Crippen molar-refractivity contribution < 1.29 is 29.0 Å². The van der Waals surface area contributed by atoms with E-state index in [1.165, 1.54) is 11.8 Å². The molecular weight excluding hydrogens is 492 g/mol. The first-order chi connectivity index (χ1) is 17.8. The highest BCUT2D eigenvalue weighted by Gasteiger charge is 2.33. The van der Waals surface area contributed by atoms with Crippen molar-refractivity contribution in [3.8, 4) is 0 Å². The van der Waals surface area contributed by atoms with Crippen molar-refractivity contribution in [2.45, 2.75) is 49.7 Å². The van der Waals surface area contributed by atoms with Gasteiger partial charge in [-0.15, -0.1) is 11.8 Å². The van der Waals surface area contributed by atoms with Gasteiger partial charge in [0.1, 0.15) is 0 Å². The molecule has 0 aliphatic heterocycles. The number of rotatable bonds is 11. The van der Waals surface area contributed by atoms with Crippen LogP contribution in [-0.4, -0.2) is 40.7 Å². The van der Waals surface area contributed by atoms with Crippen LogP contribution in [0.3, 0.4) is 0 Å². The molecule has 0 heterocycles. The molecule has 0 spiro atoms. The number of carboxylic acid groups (broad SMARTS) is 1. The molecule has 9 heteroatoms. The zero-order valence-electron chi connectivity index (χ0n) is 20.9. The van der Waals surface area contributed by atoms with Crippen molar-refractivity contribution in [2.24, 2.45) is 11.8 Å². The maximum atomic E-state index is 12.6. The molecule has 3 unspecified atom stereocenters. The van der Waals surface area contributed by atoms with Gasteiger partial charge in [-0.1, -0.05) is 25.5 Å². The van der Waals surface area contributed by atoms with E-state index >= 15 is 0 Å². The molecule has 0 aromatic heterocycles. The Balaban J connectivity index is 1.50. The number of esters is 1. The summed E-state index contributed by atoms with van der Waals surface area (Å²) in [5.74, 6) is -3.19. The lowest BCUT2D eigenvalue weighted by Gasteiger charge is -2.24. The average molecular weight is 525 g/mol. The third-order valence-corrected chi connectivity index (χ3v) is 7.12. The lowest BCUT2D eigenvalue weighted by atomic mass is 9.82. The zero-order chi connectivity index (χ0) is 26.8. The number of ether oxygens (including phenoxy) is 1. The van der Waals surface area contributed by atoms with E-state index in [4.69, 9.17) is 4.74 Å². The van der Waals surface area contributed by atoms with Crippen LogP contribution >= 0.6 is 11.8 Å². The molecule has 3 rings (SSSR count). The number of benzene rings is 2. The minimum atomic E-state index is -0.968. The fourth-order valence-electron chi connectivity index (χ4n) is 3.81. The van der Waals surface area contributed by atoms with Crippen LogP contribution in [0.4, 0.5) is 11.4 Å². The quantitative estimate of drug-likeness (QED) is 0.156. The molecule has 2 amide bonds. The Labute approximate surface area is 220 Å². The highest BCUT2D eigenvalue weighted by atomic mass is 32.2. The van der Waals surface area contributed by atoms with E-state index in [0.717, 1.165) is 17.7 Å². The van der Waals surface area contributed by atoms with Gasteiger partial charge in [-0.05, 0) is 74.7 Å². The molecule has 37 heavy (non-hydrogen) atoms. The van der Waals surface area contributed by atoms with Gasteiger partial charge in [-0.2, -0.15) is 0 Å². The number of aliphatic carboxylic acids is 1. The number of unbranched alkanes of at least 4 members (excludes halogenated alkanes) is 1. The van der Waals surface area contributed by atoms with Crippen LogP contribution < -0.4 is 10.6 Å². The maximum absolute atomic E-state index is 12.6. The molecule has 3 N–H and O–H groups in total. The summed E-state index contributed by atoms with van der Waals surface area (Å²) in [6, 6.07) is 13.7. The largest absolute Gasteiger partial charge is 0.481 e. The molecule has 0 saturated carbocycles. The molecule has 196 valence electrons. The van der Waals surface area contributed by atoms with Gasteiger partial charge in [0.05, 0.1) is 29.3 Å². The smallest absolute Gasteiger partial charge is 0.338 e. The van der Waals surface area contributed by atoms with E-state index in [1.807, 2.05) is 13.0 Å². The van der Waals surface area contributed by atoms with Crippen LogP contribution in [0, 0.1) is 11.8 Å². The molecule has 2 aromatic carbocycles. The summed E-state index contributed by atoms with van der Waals surface area (Å²) in [5.41, 5.74) is 1.58. The Morgan fingerprint density at radius 1 is 0.946 bits per heavy atom. The lowest BCUT2D eigenvalue weighted by molar-refractivity contribution is -0.146. The maximum Gasteiger partial charge on any atom is 0.338 e. The molecule has 1 aliphatic rings. The topological polar surface area (TPSA) is 122 Å². The minimum Gasteiger partial charge on any atom is -0.481 e. The Morgan fingerprint density at radius 2 is 1.54 bits per heavy atom. The second-order valence-corrected chi connectivity index (χ2v) is 10.2. The summed E-state index contributed by atoms with van der Waals surface area (Å²) in [7, 11) is 0. The summed E-state index contributed by atoms with van der Waals surface area (Å²) < 4.78 is 5.19. The van der Waals surface area contributed by atoms with Crippen molar-refractivity contribution in [3.63, 3.8) is 0 Å². The predicted molar refractivity (Wildman–Crippen MR) is 144 cm³/mol. The van der Waals surface area contributed by atoms with E-state index in [9.17, 15) is 24.3 Å². The highest BCUT2D eigenvalue weighted by Crippen LogP contribution is 2.29. The number of hydrogen-bond acceptors (Lipinski definition) is 6. The number of thioether (sulfide) groups is 1. The summed E-state index contributed by atoms with van der Waals surface area (Å²) >= 11 is 1.36. The first-order valence-corrected chi connectivity index (χ1v) is 13.2. The van der Waals surface area contributed by atoms with E-state index in [-0.39, 0.29) is 17.8 Å². The lowest BCUT2D eigenvalue weighted by Crippen LogP contribution is -2.34. The molecule has 1 aliphatic carbocycles. The molecule has 0 fully saturated rings. The van der Waals surface area contributed by atoms with Crippen LogP contribution in [0.1, 0.15) is 49.9 Å². The Hall–Kier alpha value is -3.59. The molecule has 3 atom stereocenters. The van der Waals surface area contributed by atoms with E-state index < -0.39 is 23.1 Å². The van der Waals surface area contributed by atoms with Crippen LogP contribution in [0.2, 0.25) is 0 Å². The number of anilines is 2. The normalized spacial score (nSPS) is 17.5. The van der Waals surface area contributed by atoms with Gasteiger partial charge in [0.15, 0.2) is 0 Å². The van der Waals surface area contributed by atoms with Crippen LogP contribution in [0.25, 0.3) is 0 Å².